The van der Waals surface area contributed by atoms with Crippen LogP contribution in [-0.4, -0.2) is 22.6 Å². The predicted molar refractivity (Wildman–Crippen MR) is 88.8 cm³/mol. The van der Waals surface area contributed by atoms with Crippen LogP contribution in [0.1, 0.15) is 21.9 Å². The van der Waals surface area contributed by atoms with E-state index in [1.54, 1.807) is 48.5 Å². The highest BCUT2D eigenvalue weighted by Gasteiger charge is 2.31. The molecule has 0 spiro atoms. The van der Waals surface area contributed by atoms with Gasteiger partial charge in [-0.15, -0.1) is 0 Å². The van der Waals surface area contributed by atoms with Crippen molar-refractivity contribution in [3.8, 4) is 11.5 Å². The van der Waals surface area contributed by atoms with Gasteiger partial charge in [0.15, 0.2) is 9.84 Å². The lowest BCUT2D eigenvalue weighted by Gasteiger charge is -2.19. The molecular formula is C16H20N2O4S. The summed E-state index contributed by atoms with van der Waals surface area (Å²) in [6.07, 6.45) is 0. The molecular weight excluding hydrogens is 316 g/mol. The number of ether oxygens (including phenoxy) is 2. The minimum atomic E-state index is -3.81. The van der Waals surface area contributed by atoms with Crippen LogP contribution in [0.3, 0.4) is 0 Å². The highest BCUT2D eigenvalue weighted by Crippen LogP contribution is 2.29. The number of rotatable bonds is 6. The minimum Gasteiger partial charge on any atom is -0.497 e. The van der Waals surface area contributed by atoms with Crippen molar-refractivity contribution in [2.75, 3.05) is 14.2 Å². The third-order valence-electron chi connectivity index (χ3n) is 3.60. The minimum absolute atomic E-state index is 0.453. The molecule has 7 heteroatoms. The normalized spacial score (nSPS) is 14.1. The van der Waals surface area contributed by atoms with Gasteiger partial charge in [-0.25, -0.2) is 8.42 Å². The maximum atomic E-state index is 12.6. The molecule has 0 radical (unpaired) electrons. The molecule has 2 rings (SSSR count). The molecule has 23 heavy (non-hydrogen) atoms. The Morgan fingerprint density at radius 1 is 0.739 bits per heavy atom. The van der Waals surface area contributed by atoms with Crippen molar-refractivity contribution in [1.29, 1.82) is 0 Å². The van der Waals surface area contributed by atoms with Crippen LogP contribution in [-0.2, 0) is 9.84 Å². The van der Waals surface area contributed by atoms with Gasteiger partial charge in [-0.05, 0) is 35.4 Å². The zero-order valence-electron chi connectivity index (χ0n) is 13.0. The third-order valence-corrected chi connectivity index (χ3v) is 5.56. The molecule has 0 heterocycles. The van der Waals surface area contributed by atoms with Crippen molar-refractivity contribution in [3.63, 3.8) is 0 Å². The van der Waals surface area contributed by atoms with Gasteiger partial charge in [0.1, 0.15) is 22.2 Å². The average molecular weight is 336 g/mol. The largest absolute Gasteiger partial charge is 0.497 e. The van der Waals surface area contributed by atoms with Crippen LogP contribution in [0.5, 0.6) is 11.5 Å². The van der Waals surface area contributed by atoms with Crippen LogP contribution in [0.15, 0.2) is 48.5 Å². The molecule has 0 aromatic heterocycles. The van der Waals surface area contributed by atoms with E-state index in [9.17, 15) is 8.42 Å². The Morgan fingerprint density at radius 3 is 1.30 bits per heavy atom. The van der Waals surface area contributed by atoms with Crippen molar-refractivity contribution < 1.29 is 17.9 Å². The van der Waals surface area contributed by atoms with E-state index in [0.29, 0.717) is 22.6 Å². The summed E-state index contributed by atoms with van der Waals surface area (Å²) < 4.78 is 35.3. The topological polar surface area (TPSA) is 105 Å². The summed E-state index contributed by atoms with van der Waals surface area (Å²) >= 11 is 0. The van der Waals surface area contributed by atoms with E-state index in [1.807, 2.05) is 0 Å². The lowest BCUT2D eigenvalue weighted by atomic mass is 10.2. The van der Waals surface area contributed by atoms with E-state index in [4.69, 9.17) is 20.9 Å². The van der Waals surface area contributed by atoms with Gasteiger partial charge in [0.05, 0.1) is 14.2 Å². The summed E-state index contributed by atoms with van der Waals surface area (Å²) in [5, 5.41) is -2.43. The monoisotopic (exact) mass is 336 g/mol. The third kappa shape index (κ3) is 3.64. The Hall–Kier alpha value is -2.09. The Bertz CT molecular complexity index is 683. The molecule has 0 saturated carbocycles. The SMILES string of the molecule is COc1ccc(C(N)S(=O)(=O)C(N)c2ccc(OC)cc2)cc1. The Morgan fingerprint density at radius 2 is 1.04 bits per heavy atom. The number of nitrogens with two attached hydrogens (primary N) is 2. The average Bonchev–Trinajstić information content (AvgIpc) is 2.60. The van der Waals surface area contributed by atoms with E-state index in [-0.39, 0.29) is 0 Å². The number of methoxy groups -OCH3 is 2. The molecule has 0 aliphatic carbocycles. The van der Waals surface area contributed by atoms with E-state index >= 15 is 0 Å². The summed E-state index contributed by atoms with van der Waals surface area (Å²) in [5.74, 6) is 1.25. The van der Waals surface area contributed by atoms with Crippen LogP contribution in [0.25, 0.3) is 0 Å². The fourth-order valence-corrected chi connectivity index (χ4v) is 3.51. The maximum Gasteiger partial charge on any atom is 0.190 e. The Labute approximate surface area is 135 Å². The first-order valence-corrected chi connectivity index (χ1v) is 8.53. The van der Waals surface area contributed by atoms with Gasteiger partial charge >= 0.3 is 0 Å². The van der Waals surface area contributed by atoms with Gasteiger partial charge in [0, 0.05) is 0 Å². The molecule has 6 nitrogen and oxygen atoms in total. The molecule has 2 atom stereocenters. The van der Waals surface area contributed by atoms with Crippen LogP contribution < -0.4 is 20.9 Å². The van der Waals surface area contributed by atoms with Crippen LogP contribution in [0.2, 0.25) is 0 Å². The van der Waals surface area contributed by atoms with Gasteiger partial charge in [0.2, 0.25) is 0 Å². The molecule has 2 aromatic rings. The Balaban J connectivity index is 2.27. The van der Waals surface area contributed by atoms with Crippen LogP contribution in [0, 0.1) is 0 Å². The van der Waals surface area contributed by atoms with Crippen molar-refractivity contribution in [2.45, 2.75) is 10.7 Å². The summed E-state index contributed by atoms with van der Waals surface area (Å²) in [6.45, 7) is 0. The molecule has 4 N–H and O–H groups in total. The zero-order valence-corrected chi connectivity index (χ0v) is 13.8. The van der Waals surface area contributed by atoms with Crippen molar-refractivity contribution >= 4 is 9.84 Å². The second-order valence-electron chi connectivity index (χ2n) is 4.98. The fraction of sp³-hybridized carbons (Fsp3) is 0.250. The zero-order chi connectivity index (χ0) is 17.0. The standard InChI is InChI=1S/C16H20N2O4S/c1-21-13-7-3-11(4-8-13)15(17)23(19,20)16(18)12-5-9-14(22-2)10-6-12/h3-10,15-16H,17-18H2,1-2H3. The summed E-state index contributed by atoms with van der Waals surface area (Å²) in [6, 6.07) is 13.1. The molecule has 124 valence electrons. The van der Waals surface area contributed by atoms with Crippen molar-refractivity contribution in [1.82, 2.24) is 0 Å². The van der Waals surface area contributed by atoms with E-state index in [2.05, 4.69) is 0 Å². The molecule has 0 aliphatic heterocycles. The number of hydrogen-bond donors (Lipinski definition) is 2. The van der Waals surface area contributed by atoms with Gasteiger partial charge in [-0.3, -0.25) is 0 Å². The highest BCUT2D eigenvalue weighted by molar-refractivity contribution is 7.91. The summed E-state index contributed by atoms with van der Waals surface area (Å²) in [7, 11) is -0.744. The van der Waals surface area contributed by atoms with Crippen molar-refractivity contribution in [2.24, 2.45) is 11.5 Å². The first kappa shape index (κ1) is 17.3. The second kappa shape index (κ2) is 6.99. The first-order valence-electron chi connectivity index (χ1n) is 6.92. The van der Waals surface area contributed by atoms with Gasteiger partial charge in [-0.2, -0.15) is 0 Å². The first-order chi connectivity index (χ1) is 10.9. The highest BCUT2D eigenvalue weighted by atomic mass is 32.2. The molecule has 0 amide bonds. The summed E-state index contributed by atoms with van der Waals surface area (Å²) in [4.78, 5) is 0. The van der Waals surface area contributed by atoms with Gasteiger partial charge in [-0.1, -0.05) is 24.3 Å². The molecule has 0 fully saturated rings. The molecule has 2 aromatic carbocycles. The second-order valence-corrected chi connectivity index (χ2v) is 7.17. The Kier molecular flexibility index (Phi) is 5.25. The molecule has 2 unspecified atom stereocenters. The van der Waals surface area contributed by atoms with Crippen LogP contribution >= 0.6 is 0 Å². The lowest BCUT2D eigenvalue weighted by molar-refractivity contribution is 0.414. The summed E-state index contributed by atoms with van der Waals surface area (Å²) in [5.41, 5.74) is 12.8. The number of benzene rings is 2. The lowest BCUT2D eigenvalue weighted by Crippen LogP contribution is -2.31. The quantitative estimate of drug-likeness (QED) is 0.832. The molecule has 0 aliphatic rings. The maximum absolute atomic E-state index is 12.6. The molecule has 0 bridgehead atoms. The number of hydrogen-bond acceptors (Lipinski definition) is 6. The van der Waals surface area contributed by atoms with Crippen molar-refractivity contribution in [3.05, 3.63) is 59.7 Å². The van der Waals surface area contributed by atoms with Crippen LogP contribution in [0.4, 0.5) is 0 Å². The predicted octanol–water partition coefficient (Wildman–Crippen LogP) is 1.73. The fourth-order valence-electron chi connectivity index (χ4n) is 2.12. The van der Waals surface area contributed by atoms with E-state index < -0.39 is 20.6 Å². The smallest absolute Gasteiger partial charge is 0.190 e. The van der Waals surface area contributed by atoms with Gasteiger partial charge in [0.25, 0.3) is 0 Å². The van der Waals surface area contributed by atoms with E-state index in [0.717, 1.165) is 0 Å². The number of sulfone groups is 1. The van der Waals surface area contributed by atoms with Gasteiger partial charge < -0.3 is 20.9 Å². The van der Waals surface area contributed by atoms with E-state index in [1.165, 1.54) is 14.2 Å². The molecule has 0 saturated heterocycles.